The van der Waals surface area contributed by atoms with E-state index in [0.717, 1.165) is 6.42 Å². The van der Waals surface area contributed by atoms with Crippen molar-refractivity contribution in [2.24, 2.45) is 5.73 Å². The Morgan fingerprint density at radius 1 is 1.36 bits per heavy atom. The predicted octanol–water partition coefficient (Wildman–Crippen LogP) is 0.896. The molecule has 68 valence electrons. The summed E-state index contributed by atoms with van der Waals surface area (Å²) in [6, 6.07) is 0. The third-order valence-corrected chi connectivity index (χ3v) is 4.24. The Hall–Kier alpha value is -0.0900. The van der Waals surface area contributed by atoms with Crippen LogP contribution in [0.5, 0.6) is 0 Å². The minimum Gasteiger partial charge on any atom is -0.318 e. The smallest absolute Gasteiger partial charge is 0.168 e. The number of hydrogen-bond donors (Lipinski definition) is 1. The van der Waals surface area contributed by atoms with Crippen molar-refractivity contribution in [2.75, 3.05) is 5.88 Å². The molecule has 0 atom stereocenters. The SMILES string of the molecule is CCCC(C)(C)S(=O)(=O)CN. The van der Waals surface area contributed by atoms with Gasteiger partial charge < -0.3 is 5.73 Å². The van der Waals surface area contributed by atoms with Gasteiger partial charge >= 0.3 is 0 Å². The van der Waals surface area contributed by atoms with Crippen molar-refractivity contribution in [3.05, 3.63) is 0 Å². The lowest BCUT2D eigenvalue weighted by atomic mass is 10.1. The Morgan fingerprint density at radius 2 is 1.82 bits per heavy atom. The summed E-state index contributed by atoms with van der Waals surface area (Å²) in [5.74, 6) is -0.250. The number of hydrogen-bond acceptors (Lipinski definition) is 3. The Morgan fingerprint density at radius 3 is 2.09 bits per heavy atom. The van der Waals surface area contributed by atoms with Gasteiger partial charge in [-0.05, 0) is 20.3 Å². The second-order valence-corrected chi connectivity index (χ2v) is 5.96. The van der Waals surface area contributed by atoms with Crippen molar-refractivity contribution in [1.82, 2.24) is 0 Å². The highest BCUT2D eigenvalue weighted by atomic mass is 32.2. The van der Waals surface area contributed by atoms with E-state index in [2.05, 4.69) is 0 Å². The summed E-state index contributed by atoms with van der Waals surface area (Å²) >= 11 is 0. The second-order valence-electron chi connectivity index (χ2n) is 3.29. The van der Waals surface area contributed by atoms with E-state index in [1.54, 1.807) is 13.8 Å². The molecule has 0 saturated heterocycles. The van der Waals surface area contributed by atoms with Crippen molar-refractivity contribution < 1.29 is 8.42 Å². The molecule has 0 spiro atoms. The van der Waals surface area contributed by atoms with Crippen molar-refractivity contribution >= 4 is 9.84 Å². The Bertz CT molecular complexity index is 206. The highest BCUT2D eigenvalue weighted by Gasteiger charge is 2.31. The molecule has 0 saturated carbocycles. The van der Waals surface area contributed by atoms with Gasteiger partial charge in [0.2, 0.25) is 0 Å². The third kappa shape index (κ3) is 2.45. The molecule has 0 aliphatic rings. The molecule has 3 nitrogen and oxygen atoms in total. The maximum Gasteiger partial charge on any atom is 0.168 e. The van der Waals surface area contributed by atoms with Gasteiger partial charge in [-0.15, -0.1) is 0 Å². The van der Waals surface area contributed by atoms with Gasteiger partial charge in [-0.25, -0.2) is 8.42 Å². The zero-order valence-corrected chi connectivity index (χ0v) is 8.24. The average molecular weight is 179 g/mol. The van der Waals surface area contributed by atoms with E-state index >= 15 is 0 Å². The van der Waals surface area contributed by atoms with Crippen LogP contribution in [0.1, 0.15) is 33.6 Å². The molecule has 0 aliphatic carbocycles. The third-order valence-electron chi connectivity index (χ3n) is 1.91. The Kier molecular flexibility index (Phi) is 3.51. The van der Waals surface area contributed by atoms with Crippen LogP contribution in [0.4, 0.5) is 0 Å². The van der Waals surface area contributed by atoms with Gasteiger partial charge in [0.05, 0.1) is 10.6 Å². The van der Waals surface area contributed by atoms with Gasteiger partial charge in [0, 0.05) is 0 Å². The predicted molar refractivity (Wildman–Crippen MR) is 47.0 cm³/mol. The van der Waals surface area contributed by atoms with Gasteiger partial charge in [-0.2, -0.15) is 0 Å². The number of rotatable bonds is 4. The summed E-state index contributed by atoms with van der Waals surface area (Å²) in [6.07, 6.45) is 1.54. The molecular formula is C7H17NO2S. The summed E-state index contributed by atoms with van der Waals surface area (Å²) in [7, 11) is -3.08. The summed E-state index contributed by atoms with van der Waals surface area (Å²) in [5, 5.41) is 0. The molecule has 0 amide bonds. The fourth-order valence-corrected chi connectivity index (χ4v) is 1.95. The Labute approximate surface area is 68.9 Å². The lowest BCUT2D eigenvalue weighted by molar-refractivity contribution is 0.523. The zero-order valence-electron chi connectivity index (χ0n) is 7.42. The molecule has 11 heavy (non-hydrogen) atoms. The quantitative estimate of drug-likeness (QED) is 0.697. The first-order valence-corrected chi connectivity index (χ1v) is 5.45. The molecule has 0 aliphatic heterocycles. The molecule has 2 N–H and O–H groups in total. The molecule has 0 radical (unpaired) electrons. The summed E-state index contributed by atoms with van der Waals surface area (Å²) in [4.78, 5) is 0. The van der Waals surface area contributed by atoms with E-state index in [1.807, 2.05) is 6.92 Å². The number of sulfone groups is 1. The highest BCUT2D eigenvalue weighted by molar-refractivity contribution is 7.92. The summed E-state index contributed by atoms with van der Waals surface area (Å²) in [6.45, 7) is 5.41. The maximum atomic E-state index is 11.3. The van der Waals surface area contributed by atoms with Crippen LogP contribution >= 0.6 is 0 Å². The first-order chi connectivity index (χ1) is 4.87. The van der Waals surface area contributed by atoms with Crippen molar-refractivity contribution in [3.8, 4) is 0 Å². The van der Waals surface area contributed by atoms with Gasteiger partial charge in [-0.3, -0.25) is 0 Å². The Balaban J connectivity index is 4.55. The van der Waals surface area contributed by atoms with Crippen LogP contribution in [-0.4, -0.2) is 19.0 Å². The summed E-state index contributed by atoms with van der Waals surface area (Å²) in [5.41, 5.74) is 5.13. The zero-order chi connectivity index (χ0) is 9.12. The molecule has 0 aromatic heterocycles. The minimum atomic E-state index is -3.08. The minimum absolute atomic E-state index is 0.250. The van der Waals surface area contributed by atoms with E-state index in [4.69, 9.17) is 5.73 Å². The second kappa shape index (κ2) is 3.54. The monoisotopic (exact) mass is 179 g/mol. The van der Waals surface area contributed by atoms with Crippen LogP contribution in [0.25, 0.3) is 0 Å². The maximum absolute atomic E-state index is 11.3. The molecule has 0 unspecified atom stereocenters. The topological polar surface area (TPSA) is 60.2 Å². The van der Waals surface area contributed by atoms with Crippen LogP contribution < -0.4 is 5.73 Å². The van der Waals surface area contributed by atoms with Crippen molar-refractivity contribution in [1.29, 1.82) is 0 Å². The van der Waals surface area contributed by atoms with E-state index in [9.17, 15) is 8.42 Å². The average Bonchev–Trinajstić information content (AvgIpc) is 1.87. The highest BCUT2D eigenvalue weighted by Crippen LogP contribution is 2.21. The fraction of sp³-hybridized carbons (Fsp3) is 1.00. The van der Waals surface area contributed by atoms with Gasteiger partial charge in [0.15, 0.2) is 9.84 Å². The van der Waals surface area contributed by atoms with Crippen LogP contribution in [0.15, 0.2) is 0 Å². The molecule has 0 bridgehead atoms. The molecule has 0 heterocycles. The molecule has 0 rings (SSSR count). The van der Waals surface area contributed by atoms with E-state index in [1.165, 1.54) is 0 Å². The van der Waals surface area contributed by atoms with Crippen LogP contribution in [0.2, 0.25) is 0 Å². The van der Waals surface area contributed by atoms with Gasteiger partial charge in [-0.1, -0.05) is 13.3 Å². The molecule has 4 heteroatoms. The number of nitrogens with two attached hydrogens (primary N) is 1. The van der Waals surface area contributed by atoms with E-state index < -0.39 is 14.6 Å². The van der Waals surface area contributed by atoms with E-state index in [-0.39, 0.29) is 5.88 Å². The van der Waals surface area contributed by atoms with Crippen molar-refractivity contribution in [3.63, 3.8) is 0 Å². The lowest BCUT2D eigenvalue weighted by Gasteiger charge is -2.22. The molecule has 0 aromatic carbocycles. The van der Waals surface area contributed by atoms with Crippen LogP contribution in [0.3, 0.4) is 0 Å². The fourth-order valence-electron chi connectivity index (χ4n) is 0.983. The first kappa shape index (κ1) is 10.9. The molecular weight excluding hydrogens is 162 g/mol. The molecule has 0 fully saturated rings. The lowest BCUT2D eigenvalue weighted by Crippen LogP contribution is -2.36. The van der Waals surface area contributed by atoms with Crippen LogP contribution in [0, 0.1) is 0 Å². The van der Waals surface area contributed by atoms with Crippen molar-refractivity contribution in [2.45, 2.75) is 38.4 Å². The summed E-state index contributed by atoms with van der Waals surface area (Å²) < 4.78 is 21.9. The standard InChI is InChI=1S/C7H17NO2S/c1-4-5-7(2,3)11(9,10)6-8/h4-6,8H2,1-3H3. The van der Waals surface area contributed by atoms with E-state index in [0.29, 0.717) is 6.42 Å². The normalized spacial score (nSPS) is 13.5. The van der Waals surface area contributed by atoms with Crippen LogP contribution in [-0.2, 0) is 9.84 Å². The molecule has 0 aromatic rings. The van der Waals surface area contributed by atoms with Gasteiger partial charge in [0.25, 0.3) is 0 Å². The van der Waals surface area contributed by atoms with Gasteiger partial charge in [0.1, 0.15) is 0 Å². The first-order valence-electron chi connectivity index (χ1n) is 3.80. The largest absolute Gasteiger partial charge is 0.318 e.